The van der Waals surface area contributed by atoms with E-state index in [1.807, 2.05) is 42.6 Å². The number of nitrogens with zero attached hydrogens (tertiary/aromatic N) is 3. The molecule has 4 rings (SSSR count). The molecule has 0 aliphatic carbocycles. The maximum atomic E-state index is 9.25. The lowest BCUT2D eigenvalue weighted by Crippen LogP contribution is -2.52. The van der Waals surface area contributed by atoms with E-state index in [0.29, 0.717) is 18.6 Å². The molecule has 1 unspecified atom stereocenters. The standard InChI is InChI=1S/C23H21N3O2/c1-22(2)14-23(8-9-27-22)12-20(26-15-25)19-11-18(6-7-21(19)28-23)17-5-3-4-16(10-17)13-24/h3-7,10-11H,8-9,12,14H2,1-2H3/b26-20+. The highest BCUT2D eigenvalue weighted by Crippen LogP contribution is 2.44. The van der Waals surface area contributed by atoms with Gasteiger partial charge in [0.15, 0.2) is 0 Å². The van der Waals surface area contributed by atoms with E-state index >= 15 is 0 Å². The molecule has 2 aliphatic heterocycles. The first kappa shape index (κ1) is 18.2. The second kappa shape index (κ2) is 6.78. The Morgan fingerprint density at radius 2 is 1.89 bits per heavy atom. The van der Waals surface area contributed by atoms with Gasteiger partial charge < -0.3 is 9.47 Å². The molecule has 140 valence electrons. The van der Waals surface area contributed by atoms with Crippen molar-refractivity contribution in [1.29, 1.82) is 10.5 Å². The summed E-state index contributed by atoms with van der Waals surface area (Å²) in [5.74, 6) is 0.748. The van der Waals surface area contributed by atoms with Gasteiger partial charge in [0, 0.05) is 24.8 Å². The molecule has 1 fully saturated rings. The van der Waals surface area contributed by atoms with E-state index in [0.717, 1.165) is 41.0 Å². The second-order valence-electron chi connectivity index (χ2n) is 8.06. The van der Waals surface area contributed by atoms with Crippen molar-refractivity contribution >= 4 is 5.71 Å². The van der Waals surface area contributed by atoms with Crippen LogP contribution in [0.2, 0.25) is 0 Å². The molecule has 5 heteroatoms. The summed E-state index contributed by atoms with van der Waals surface area (Å²) in [6.45, 7) is 4.76. The zero-order valence-electron chi connectivity index (χ0n) is 16.0. The fourth-order valence-corrected chi connectivity index (χ4v) is 4.29. The Morgan fingerprint density at radius 3 is 2.64 bits per heavy atom. The number of aliphatic imine (C=N–C) groups is 1. The summed E-state index contributed by atoms with van der Waals surface area (Å²) in [6, 6.07) is 15.6. The molecule has 2 aromatic carbocycles. The number of hydrogen-bond acceptors (Lipinski definition) is 5. The lowest BCUT2D eigenvalue weighted by molar-refractivity contribution is -0.131. The molecule has 0 bridgehead atoms. The maximum Gasteiger partial charge on any atom is 0.205 e. The van der Waals surface area contributed by atoms with Crippen molar-refractivity contribution in [2.75, 3.05) is 6.61 Å². The third kappa shape index (κ3) is 3.38. The van der Waals surface area contributed by atoms with Crippen molar-refractivity contribution in [2.45, 2.75) is 44.3 Å². The van der Waals surface area contributed by atoms with Crippen LogP contribution in [0.1, 0.15) is 44.2 Å². The summed E-state index contributed by atoms with van der Waals surface area (Å²) in [4.78, 5) is 4.14. The molecule has 1 saturated heterocycles. The fourth-order valence-electron chi connectivity index (χ4n) is 4.29. The molecule has 2 heterocycles. The Balaban J connectivity index is 1.76. The number of hydrogen-bond donors (Lipinski definition) is 0. The number of rotatable bonds is 1. The number of benzene rings is 2. The Labute approximate surface area is 164 Å². The Morgan fingerprint density at radius 1 is 1.07 bits per heavy atom. The zero-order valence-corrected chi connectivity index (χ0v) is 16.0. The quantitative estimate of drug-likeness (QED) is 0.686. The van der Waals surface area contributed by atoms with Crippen LogP contribution in [0.15, 0.2) is 47.5 Å². The van der Waals surface area contributed by atoms with E-state index in [1.54, 1.807) is 6.07 Å². The van der Waals surface area contributed by atoms with Crippen LogP contribution in [0, 0.1) is 22.8 Å². The summed E-state index contributed by atoms with van der Waals surface area (Å²) >= 11 is 0. The van der Waals surface area contributed by atoms with Gasteiger partial charge in [-0.3, -0.25) is 0 Å². The lowest BCUT2D eigenvalue weighted by Gasteiger charge is -2.47. The van der Waals surface area contributed by atoms with Gasteiger partial charge >= 0.3 is 0 Å². The monoisotopic (exact) mass is 371 g/mol. The molecule has 2 aromatic rings. The number of ether oxygens (including phenoxy) is 2. The summed E-state index contributed by atoms with van der Waals surface area (Å²) in [5.41, 5.74) is 3.45. The van der Waals surface area contributed by atoms with Crippen LogP contribution in [0.5, 0.6) is 5.75 Å². The highest BCUT2D eigenvalue weighted by atomic mass is 16.5. The molecule has 0 saturated carbocycles. The average molecular weight is 371 g/mol. The van der Waals surface area contributed by atoms with Crippen LogP contribution in [0.3, 0.4) is 0 Å². The van der Waals surface area contributed by atoms with Crippen LogP contribution in [-0.4, -0.2) is 23.5 Å². The second-order valence-corrected chi connectivity index (χ2v) is 8.06. The Hall–Kier alpha value is -3.15. The summed E-state index contributed by atoms with van der Waals surface area (Å²) in [5, 5.41) is 18.4. The van der Waals surface area contributed by atoms with Gasteiger partial charge in [-0.15, -0.1) is 0 Å². The van der Waals surface area contributed by atoms with E-state index in [4.69, 9.17) is 14.7 Å². The van der Waals surface area contributed by atoms with E-state index < -0.39 is 5.60 Å². The predicted octanol–water partition coefficient (Wildman–Crippen LogP) is 4.61. The van der Waals surface area contributed by atoms with Gasteiger partial charge in [0.05, 0.1) is 29.6 Å². The summed E-state index contributed by atoms with van der Waals surface area (Å²) in [7, 11) is 0. The van der Waals surface area contributed by atoms with Crippen molar-refractivity contribution in [3.8, 4) is 29.1 Å². The average Bonchev–Trinajstić information content (AvgIpc) is 2.67. The van der Waals surface area contributed by atoms with Gasteiger partial charge in [0.25, 0.3) is 0 Å². The highest BCUT2D eigenvalue weighted by molar-refractivity contribution is 6.05. The van der Waals surface area contributed by atoms with Crippen LogP contribution in [0.25, 0.3) is 11.1 Å². The Bertz CT molecular complexity index is 1040. The lowest BCUT2D eigenvalue weighted by atomic mass is 9.77. The van der Waals surface area contributed by atoms with Gasteiger partial charge in [-0.05, 0) is 49.2 Å². The van der Waals surface area contributed by atoms with Gasteiger partial charge in [-0.1, -0.05) is 18.2 Å². The first-order chi connectivity index (χ1) is 13.4. The first-order valence-electron chi connectivity index (χ1n) is 9.37. The van der Waals surface area contributed by atoms with E-state index in [2.05, 4.69) is 24.9 Å². The third-order valence-corrected chi connectivity index (χ3v) is 5.41. The molecule has 0 N–H and O–H groups in total. The van der Waals surface area contributed by atoms with Crippen molar-refractivity contribution in [1.82, 2.24) is 0 Å². The highest BCUT2D eigenvalue weighted by Gasteiger charge is 2.46. The minimum Gasteiger partial charge on any atom is -0.486 e. The molecular weight excluding hydrogens is 350 g/mol. The van der Waals surface area contributed by atoms with Crippen molar-refractivity contribution in [2.24, 2.45) is 4.99 Å². The minimum absolute atomic E-state index is 0.273. The topological polar surface area (TPSA) is 78.4 Å². The van der Waals surface area contributed by atoms with Crippen LogP contribution in [0.4, 0.5) is 0 Å². The minimum atomic E-state index is -0.396. The van der Waals surface area contributed by atoms with Crippen LogP contribution in [-0.2, 0) is 4.74 Å². The predicted molar refractivity (Wildman–Crippen MR) is 106 cm³/mol. The molecule has 2 aliphatic rings. The van der Waals surface area contributed by atoms with Gasteiger partial charge in [-0.25, -0.2) is 0 Å². The summed E-state index contributed by atoms with van der Waals surface area (Å²) in [6.07, 6.45) is 4.06. The molecule has 1 atom stereocenters. The Kier molecular flexibility index (Phi) is 4.41. The van der Waals surface area contributed by atoms with E-state index in [-0.39, 0.29) is 5.60 Å². The third-order valence-electron chi connectivity index (χ3n) is 5.41. The normalized spacial score (nSPS) is 24.1. The van der Waals surface area contributed by atoms with Gasteiger partial charge in [-0.2, -0.15) is 15.5 Å². The van der Waals surface area contributed by atoms with Crippen LogP contribution >= 0.6 is 0 Å². The summed E-state index contributed by atoms with van der Waals surface area (Å²) < 4.78 is 12.3. The van der Waals surface area contributed by atoms with E-state index in [9.17, 15) is 5.26 Å². The molecule has 0 amide bonds. The molecule has 28 heavy (non-hydrogen) atoms. The molecule has 0 radical (unpaired) electrons. The molecule has 5 nitrogen and oxygen atoms in total. The van der Waals surface area contributed by atoms with Crippen molar-refractivity contribution in [3.05, 3.63) is 53.6 Å². The number of fused-ring (bicyclic) bond motifs is 1. The van der Waals surface area contributed by atoms with Gasteiger partial charge in [0.2, 0.25) is 6.19 Å². The van der Waals surface area contributed by atoms with Crippen molar-refractivity contribution < 1.29 is 9.47 Å². The zero-order chi connectivity index (χ0) is 19.8. The molecular formula is C23H21N3O2. The smallest absolute Gasteiger partial charge is 0.205 e. The number of nitriles is 2. The van der Waals surface area contributed by atoms with E-state index in [1.165, 1.54) is 0 Å². The SMILES string of the molecule is CC1(C)CC2(CCO1)C/C(=N\C#N)c1cc(-c3cccc(C#N)c3)ccc1O2. The first-order valence-corrected chi connectivity index (χ1v) is 9.37. The van der Waals surface area contributed by atoms with Crippen LogP contribution < -0.4 is 4.74 Å². The molecule has 1 spiro atoms. The van der Waals surface area contributed by atoms with Gasteiger partial charge in [0.1, 0.15) is 11.4 Å². The fraction of sp³-hybridized carbons (Fsp3) is 0.348. The maximum absolute atomic E-state index is 9.25. The largest absolute Gasteiger partial charge is 0.486 e. The molecule has 0 aromatic heterocycles. The van der Waals surface area contributed by atoms with Crippen molar-refractivity contribution in [3.63, 3.8) is 0 Å².